The molecule has 0 saturated heterocycles. The molecule has 0 aromatic heterocycles. The minimum absolute atomic E-state index is 0.0578. The molecule has 28 heavy (non-hydrogen) atoms. The second-order valence-electron chi connectivity index (χ2n) is 5.76. The van der Waals surface area contributed by atoms with Gasteiger partial charge in [0.05, 0.1) is 17.7 Å². The number of amides is 2. The molecule has 0 fully saturated rings. The van der Waals surface area contributed by atoms with Gasteiger partial charge < -0.3 is 15.4 Å². The van der Waals surface area contributed by atoms with Crippen molar-refractivity contribution in [3.8, 4) is 5.75 Å². The second kappa shape index (κ2) is 9.18. The first-order chi connectivity index (χ1) is 13.2. The van der Waals surface area contributed by atoms with Gasteiger partial charge in [0, 0.05) is 25.6 Å². The standard InChI is InChI=1S/C18H20FN3O5S/c1-12(23)20-10-9-18(24)21-14-5-8-17(27-2)16(11-14)22-28(25,26)15-6-3-13(19)4-7-15/h3-8,11,22H,9-10H2,1-2H3,(H,20,23)(H,21,24). The Morgan fingerprint density at radius 2 is 1.79 bits per heavy atom. The lowest BCUT2D eigenvalue weighted by Crippen LogP contribution is -2.25. The zero-order chi connectivity index (χ0) is 20.7. The van der Waals surface area contributed by atoms with Gasteiger partial charge in [0.15, 0.2) is 0 Å². The van der Waals surface area contributed by atoms with E-state index in [1.165, 1.54) is 26.2 Å². The van der Waals surface area contributed by atoms with E-state index in [-0.39, 0.29) is 41.1 Å². The zero-order valence-corrected chi connectivity index (χ0v) is 16.1. The summed E-state index contributed by atoms with van der Waals surface area (Å²) in [6, 6.07) is 8.79. The van der Waals surface area contributed by atoms with Gasteiger partial charge in [-0.05, 0) is 42.5 Å². The third-order valence-corrected chi connectivity index (χ3v) is 4.96. The maximum Gasteiger partial charge on any atom is 0.262 e. The van der Waals surface area contributed by atoms with Crippen LogP contribution in [0.4, 0.5) is 15.8 Å². The average Bonchev–Trinajstić information content (AvgIpc) is 2.61. The number of halogens is 1. The zero-order valence-electron chi connectivity index (χ0n) is 15.3. The number of hydrogen-bond donors (Lipinski definition) is 3. The van der Waals surface area contributed by atoms with E-state index in [1.807, 2.05) is 0 Å². The van der Waals surface area contributed by atoms with Crippen molar-refractivity contribution in [1.29, 1.82) is 0 Å². The van der Waals surface area contributed by atoms with Crippen LogP contribution in [0.25, 0.3) is 0 Å². The van der Waals surface area contributed by atoms with Crippen LogP contribution >= 0.6 is 0 Å². The second-order valence-corrected chi connectivity index (χ2v) is 7.44. The molecule has 0 spiro atoms. The molecule has 150 valence electrons. The van der Waals surface area contributed by atoms with Crippen LogP contribution in [0.5, 0.6) is 5.75 Å². The summed E-state index contributed by atoms with van der Waals surface area (Å²) >= 11 is 0. The molecule has 2 aromatic rings. The van der Waals surface area contributed by atoms with Gasteiger partial charge in [0.25, 0.3) is 10.0 Å². The lowest BCUT2D eigenvalue weighted by atomic mass is 10.2. The molecule has 0 heterocycles. The highest BCUT2D eigenvalue weighted by Gasteiger charge is 2.17. The number of carbonyl (C=O) groups excluding carboxylic acids is 2. The van der Waals surface area contributed by atoms with Crippen molar-refractivity contribution in [3.05, 3.63) is 48.3 Å². The van der Waals surface area contributed by atoms with Crippen molar-refractivity contribution in [2.24, 2.45) is 0 Å². The van der Waals surface area contributed by atoms with E-state index in [9.17, 15) is 22.4 Å². The highest BCUT2D eigenvalue weighted by Crippen LogP contribution is 2.30. The number of ether oxygens (including phenoxy) is 1. The van der Waals surface area contributed by atoms with Crippen molar-refractivity contribution in [3.63, 3.8) is 0 Å². The quantitative estimate of drug-likeness (QED) is 0.618. The van der Waals surface area contributed by atoms with Crippen LogP contribution in [0.15, 0.2) is 47.4 Å². The first kappa shape index (κ1) is 21.2. The van der Waals surface area contributed by atoms with Gasteiger partial charge in [0.2, 0.25) is 11.8 Å². The monoisotopic (exact) mass is 409 g/mol. The molecule has 2 aromatic carbocycles. The van der Waals surface area contributed by atoms with Crippen LogP contribution in [-0.4, -0.2) is 33.9 Å². The molecule has 0 aliphatic rings. The Labute approximate surface area is 162 Å². The molecule has 0 saturated carbocycles. The van der Waals surface area contributed by atoms with Crippen molar-refractivity contribution >= 4 is 33.2 Å². The summed E-state index contributed by atoms with van der Waals surface area (Å²) < 4.78 is 45.5. The predicted octanol–water partition coefficient (Wildman–Crippen LogP) is 2.10. The predicted molar refractivity (Wildman–Crippen MR) is 102 cm³/mol. The number of rotatable bonds is 8. The fourth-order valence-electron chi connectivity index (χ4n) is 2.26. The topological polar surface area (TPSA) is 114 Å². The molecule has 0 aliphatic heterocycles. The Kier molecular flexibility index (Phi) is 6.94. The van der Waals surface area contributed by atoms with Crippen LogP contribution in [0.2, 0.25) is 0 Å². The highest BCUT2D eigenvalue weighted by molar-refractivity contribution is 7.92. The highest BCUT2D eigenvalue weighted by atomic mass is 32.2. The van der Waals surface area contributed by atoms with Crippen LogP contribution < -0.4 is 20.1 Å². The Hall–Kier alpha value is -3.14. The van der Waals surface area contributed by atoms with E-state index in [2.05, 4.69) is 15.4 Å². The van der Waals surface area contributed by atoms with E-state index in [1.54, 1.807) is 6.07 Å². The van der Waals surface area contributed by atoms with Gasteiger partial charge in [-0.15, -0.1) is 0 Å². The van der Waals surface area contributed by atoms with Crippen molar-refractivity contribution in [2.75, 3.05) is 23.7 Å². The minimum atomic E-state index is -3.99. The fraction of sp³-hybridized carbons (Fsp3) is 0.222. The summed E-state index contributed by atoms with van der Waals surface area (Å²) in [4.78, 5) is 22.6. The van der Waals surface area contributed by atoms with Gasteiger partial charge in [-0.3, -0.25) is 14.3 Å². The number of nitrogens with one attached hydrogen (secondary N) is 3. The van der Waals surface area contributed by atoms with Crippen LogP contribution in [0.1, 0.15) is 13.3 Å². The van der Waals surface area contributed by atoms with Crippen molar-refractivity contribution in [1.82, 2.24) is 5.32 Å². The Balaban J connectivity index is 2.17. The summed E-state index contributed by atoms with van der Waals surface area (Å²) in [5.74, 6) is -0.913. The number of sulfonamides is 1. The SMILES string of the molecule is COc1ccc(NC(=O)CCNC(C)=O)cc1NS(=O)(=O)c1ccc(F)cc1. The van der Waals surface area contributed by atoms with Crippen LogP contribution in [0, 0.1) is 5.82 Å². The molecular formula is C18H20FN3O5S. The lowest BCUT2D eigenvalue weighted by Gasteiger charge is -2.14. The molecule has 0 unspecified atom stereocenters. The number of hydrogen-bond acceptors (Lipinski definition) is 5. The summed E-state index contributed by atoms with van der Waals surface area (Å²) in [5, 5.41) is 5.12. The van der Waals surface area contributed by atoms with Crippen molar-refractivity contribution < 1.29 is 27.1 Å². The van der Waals surface area contributed by atoms with Crippen LogP contribution in [0.3, 0.4) is 0 Å². The molecule has 8 nitrogen and oxygen atoms in total. The summed E-state index contributed by atoms with van der Waals surface area (Å²) in [5.41, 5.74) is 0.442. The first-order valence-electron chi connectivity index (χ1n) is 8.22. The summed E-state index contributed by atoms with van der Waals surface area (Å²) in [6.07, 6.45) is 0.0578. The maximum atomic E-state index is 13.0. The fourth-order valence-corrected chi connectivity index (χ4v) is 3.32. The van der Waals surface area contributed by atoms with E-state index < -0.39 is 15.8 Å². The normalized spacial score (nSPS) is 10.8. The molecule has 0 aliphatic carbocycles. The van der Waals surface area contributed by atoms with E-state index in [0.717, 1.165) is 24.3 Å². The van der Waals surface area contributed by atoms with Gasteiger partial charge in [-0.25, -0.2) is 12.8 Å². The van der Waals surface area contributed by atoms with E-state index in [0.29, 0.717) is 5.69 Å². The summed E-state index contributed by atoms with van der Waals surface area (Å²) in [6.45, 7) is 1.53. The molecule has 2 rings (SSSR count). The first-order valence-corrected chi connectivity index (χ1v) is 9.70. The van der Waals surface area contributed by atoms with Gasteiger partial charge >= 0.3 is 0 Å². The molecule has 0 atom stereocenters. The van der Waals surface area contributed by atoms with Gasteiger partial charge in [-0.1, -0.05) is 0 Å². The third-order valence-electron chi connectivity index (χ3n) is 3.58. The van der Waals surface area contributed by atoms with Gasteiger partial charge in [0.1, 0.15) is 11.6 Å². The largest absolute Gasteiger partial charge is 0.495 e. The Morgan fingerprint density at radius 1 is 1.11 bits per heavy atom. The van der Waals surface area contributed by atoms with Crippen molar-refractivity contribution in [2.45, 2.75) is 18.2 Å². The van der Waals surface area contributed by atoms with Crippen LogP contribution in [-0.2, 0) is 19.6 Å². The molecule has 0 radical (unpaired) electrons. The molecular weight excluding hydrogens is 389 g/mol. The third kappa shape index (κ3) is 5.95. The molecule has 2 amide bonds. The average molecular weight is 409 g/mol. The number of methoxy groups -OCH3 is 1. The summed E-state index contributed by atoms with van der Waals surface area (Å²) in [7, 11) is -2.62. The van der Waals surface area contributed by atoms with E-state index >= 15 is 0 Å². The maximum absolute atomic E-state index is 13.0. The number of anilines is 2. The number of carbonyl (C=O) groups is 2. The molecule has 0 bridgehead atoms. The smallest absolute Gasteiger partial charge is 0.262 e. The Bertz CT molecular complexity index is 962. The number of benzene rings is 2. The molecule has 3 N–H and O–H groups in total. The lowest BCUT2D eigenvalue weighted by molar-refractivity contribution is -0.119. The van der Waals surface area contributed by atoms with Gasteiger partial charge in [-0.2, -0.15) is 0 Å². The minimum Gasteiger partial charge on any atom is -0.495 e. The van der Waals surface area contributed by atoms with E-state index in [4.69, 9.17) is 4.74 Å². The Morgan fingerprint density at radius 3 is 2.39 bits per heavy atom. The molecule has 10 heteroatoms.